The van der Waals surface area contributed by atoms with Gasteiger partial charge < -0.3 is 9.47 Å². The van der Waals surface area contributed by atoms with Gasteiger partial charge in [0.25, 0.3) is 0 Å². The van der Waals surface area contributed by atoms with E-state index < -0.39 is 0 Å². The summed E-state index contributed by atoms with van der Waals surface area (Å²) >= 11 is 0. The standard InChI is InChI=1S/C19H38O2/c1-8-18(3,4)15-10-11-17(21-13-12-20-7)16(14-15)19(5,6)9-2/h15-17H,8-14H2,1-7H3. The van der Waals surface area contributed by atoms with Gasteiger partial charge in [-0.25, -0.2) is 0 Å². The van der Waals surface area contributed by atoms with Crippen molar-refractivity contribution in [3.63, 3.8) is 0 Å². The maximum atomic E-state index is 6.19. The highest BCUT2D eigenvalue weighted by Crippen LogP contribution is 2.49. The van der Waals surface area contributed by atoms with Crippen molar-refractivity contribution in [2.45, 2.75) is 79.8 Å². The van der Waals surface area contributed by atoms with E-state index >= 15 is 0 Å². The lowest BCUT2D eigenvalue weighted by atomic mass is 9.60. The Bertz CT molecular complexity index is 296. The number of rotatable bonds is 8. The van der Waals surface area contributed by atoms with Crippen LogP contribution in [0.4, 0.5) is 0 Å². The summed E-state index contributed by atoms with van der Waals surface area (Å²) in [6, 6.07) is 0. The van der Waals surface area contributed by atoms with Gasteiger partial charge in [-0.2, -0.15) is 0 Å². The Hall–Kier alpha value is -0.0800. The second kappa shape index (κ2) is 7.97. The van der Waals surface area contributed by atoms with Crippen molar-refractivity contribution in [3.05, 3.63) is 0 Å². The van der Waals surface area contributed by atoms with Crippen LogP contribution in [0.25, 0.3) is 0 Å². The Labute approximate surface area is 133 Å². The van der Waals surface area contributed by atoms with Gasteiger partial charge in [0.15, 0.2) is 0 Å². The first-order valence-corrected chi connectivity index (χ1v) is 8.89. The molecule has 3 atom stereocenters. The van der Waals surface area contributed by atoms with Crippen molar-refractivity contribution in [2.24, 2.45) is 22.7 Å². The molecular weight excluding hydrogens is 260 g/mol. The van der Waals surface area contributed by atoms with Crippen molar-refractivity contribution in [2.75, 3.05) is 20.3 Å². The molecule has 1 aliphatic carbocycles. The Morgan fingerprint density at radius 1 is 0.905 bits per heavy atom. The third-order valence-corrected chi connectivity index (χ3v) is 6.34. The van der Waals surface area contributed by atoms with Crippen molar-refractivity contribution >= 4 is 0 Å². The minimum atomic E-state index is 0.361. The van der Waals surface area contributed by atoms with Crippen LogP contribution in [0.2, 0.25) is 0 Å². The van der Waals surface area contributed by atoms with E-state index in [0.717, 1.165) is 12.5 Å². The predicted molar refractivity (Wildman–Crippen MR) is 90.6 cm³/mol. The molecule has 1 rings (SSSR count). The number of methoxy groups -OCH3 is 1. The number of hydrogen-bond donors (Lipinski definition) is 0. The second-order valence-electron chi connectivity index (χ2n) is 8.20. The van der Waals surface area contributed by atoms with Crippen LogP contribution in [0.15, 0.2) is 0 Å². The van der Waals surface area contributed by atoms with Crippen LogP contribution in [0.1, 0.15) is 73.6 Å². The summed E-state index contributed by atoms with van der Waals surface area (Å²) in [5, 5.41) is 0. The largest absolute Gasteiger partial charge is 0.382 e. The first-order valence-electron chi connectivity index (χ1n) is 8.89. The lowest BCUT2D eigenvalue weighted by molar-refractivity contribution is -0.0886. The van der Waals surface area contributed by atoms with Gasteiger partial charge in [0.1, 0.15) is 0 Å². The first-order chi connectivity index (χ1) is 9.78. The van der Waals surface area contributed by atoms with E-state index in [1.165, 1.54) is 32.1 Å². The van der Waals surface area contributed by atoms with Crippen LogP contribution in [-0.2, 0) is 9.47 Å². The van der Waals surface area contributed by atoms with Crippen LogP contribution in [0.3, 0.4) is 0 Å². The lowest BCUT2D eigenvalue weighted by Crippen LogP contribution is -2.43. The zero-order chi connectivity index (χ0) is 16.1. The van der Waals surface area contributed by atoms with Gasteiger partial charge >= 0.3 is 0 Å². The fourth-order valence-corrected chi connectivity index (χ4v) is 3.71. The smallest absolute Gasteiger partial charge is 0.0704 e. The van der Waals surface area contributed by atoms with E-state index in [9.17, 15) is 0 Å². The number of hydrogen-bond acceptors (Lipinski definition) is 2. The molecule has 0 saturated heterocycles. The molecule has 0 aliphatic heterocycles. The zero-order valence-corrected chi connectivity index (χ0v) is 15.5. The Morgan fingerprint density at radius 3 is 2.05 bits per heavy atom. The minimum Gasteiger partial charge on any atom is -0.382 e. The summed E-state index contributed by atoms with van der Waals surface area (Å²) in [7, 11) is 1.75. The topological polar surface area (TPSA) is 18.5 Å². The maximum absolute atomic E-state index is 6.19. The van der Waals surface area contributed by atoms with E-state index in [0.29, 0.717) is 29.5 Å². The molecule has 0 N–H and O–H groups in total. The molecule has 0 amide bonds. The van der Waals surface area contributed by atoms with Crippen molar-refractivity contribution in [1.82, 2.24) is 0 Å². The highest BCUT2D eigenvalue weighted by molar-refractivity contribution is 4.93. The van der Waals surface area contributed by atoms with Crippen LogP contribution in [-0.4, -0.2) is 26.4 Å². The van der Waals surface area contributed by atoms with Crippen molar-refractivity contribution < 1.29 is 9.47 Å². The van der Waals surface area contributed by atoms with Crippen molar-refractivity contribution in [1.29, 1.82) is 0 Å². The molecule has 0 heterocycles. The van der Waals surface area contributed by atoms with E-state index in [1.54, 1.807) is 7.11 Å². The highest BCUT2D eigenvalue weighted by Gasteiger charge is 2.43. The quantitative estimate of drug-likeness (QED) is 0.566. The van der Waals surface area contributed by atoms with Gasteiger partial charge in [-0.1, -0.05) is 54.4 Å². The second-order valence-corrected chi connectivity index (χ2v) is 8.20. The Balaban J connectivity index is 2.79. The fourth-order valence-electron chi connectivity index (χ4n) is 3.71. The Kier molecular flexibility index (Phi) is 7.19. The van der Waals surface area contributed by atoms with Gasteiger partial charge in [0, 0.05) is 7.11 Å². The van der Waals surface area contributed by atoms with Gasteiger partial charge in [0.2, 0.25) is 0 Å². The van der Waals surface area contributed by atoms with E-state index in [4.69, 9.17) is 9.47 Å². The molecule has 2 nitrogen and oxygen atoms in total. The normalized spacial score (nSPS) is 27.9. The fraction of sp³-hybridized carbons (Fsp3) is 1.00. The molecule has 2 heteroatoms. The molecular formula is C19H38O2. The van der Waals surface area contributed by atoms with Gasteiger partial charge in [-0.3, -0.25) is 0 Å². The van der Waals surface area contributed by atoms with Crippen molar-refractivity contribution in [3.8, 4) is 0 Å². The molecule has 21 heavy (non-hydrogen) atoms. The van der Waals surface area contributed by atoms with Crippen LogP contribution >= 0.6 is 0 Å². The van der Waals surface area contributed by atoms with E-state index in [1.807, 2.05) is 0 Å². The summed E-state index contributed by atoms with van der Waals surface area (Å²) in [6.45, 7) is 15.8. The van der Waals surface area contributed by atoms with Gasteiger partial charge in [-0.15, -0.1) is 0 Å². The third-order valence-electron chi connectivity index (χ3n) is 6.34. The molecule has 0 spiro atoms. The molecule has 1 saturated carbocycles. The van der Waals surface area contributed by atoms with Gasteiger partial charge in [0.05, 0.1) is 19.3 Å². The van der Waals surface area contributed by atoms with Crippen LogP contribution in [0, 0.1) is 22.7 Å². The van der Waals surface area contributed by atoms with Crippen LogP contribution < -0.4 is 0 Å². The monoisotopic (exact) mass is 298 g/mol. The zero-order valence-electron chi connectivity index (χ0n) is 15.5. The summed E-state index contributed by atoms with van der Waals surface area (Å²) in [4.78, 5) is 0. The first kappa shape index (κ1) is 19.0. The maximum Gasteiger partial charge on any atom is 0.0704 e. The summed E-state index contributed by atoms with van der Waals surface area (Å²) < 4.78 is 11.3. The summed E-state index contributed by atoms with van der Waals surface area (Å²) in [5.41, 5.74) is 0.819. The average Bonchev–Trinajstić information content (AvgIpc) is 2.47. The highest BCUT2D eigenvalue weighted by atomic mass is 16.5. The summed E-state index contributed by atoms with van der Waals surface area (Å²) in [6.07, 6.45) is 6.76. The molecule has 126 valence electrons. The molecule has 1 fully saturated rings. The lowest BCUT2D eigenvalue weighted by Gasteiger charge is -2.48. The molecule has 0 aromatic rings. The molecule has 1 aliphatic rings. The summed E-state index contributed by atoms with van der Waals surface area (Å²) in [5.74, 6) is 1.50. The SMILES string of the molecule is CCC(C)(C)C1CCC(OCCOC)C(C(C)(C)CC)C1. The average molecular weight is 299 g/mol. The van der Waals surface area contributed by atoms with Crippen LogP contribution in [0.5, 0.6) is 0 Å². The third kappa shape index (κ3) is 4.96. The van der Waals surface area contributed by atoms with E-state index in [2.05, 4.69) is 41.5 Å². The molecule has 0 aromatic heterocycles. The Morgan fingerprint density at radius 2 is 1.52 bits per heavy atom. The molecule has 0 bridgehead atoms. The minimum absolute atomic E-state index is 0.361. The number of ether oxygens (including phenoxy) is 2. The molecule has 3 unspecified atom stereocenters. The van der Waals surface area contributed by atoms with E-state index in [-0.39, 0.29) is 0 Å². The molecule has 0 radical (unpaired) electrons. The predicted octanol–water partition coefficient (Wildman–Crippen LogP) is 5.31. The molecule has 0 aromatic carbocycles. The van der Waals surface area contributed by atoms with Gasteiger partial charge in [-0.05, 0) is 41.9 Å².